The second kappa shape index (κ2) is 3.79. The molecule has 2 rings (SSSR count). The lowest BCUT2D eigenvalue weighted by Crippen LogP contribution is -2.04. The molecule has 1 nitrogen and oxygen atoms in total. The molecular weight excluding hydrogens is 172 g/mol. The fourth-order valence-electron chi connectivity index (χ4n) is 2.19. The van der Waals surface area contributed by atoms with Gasteiger partial charge in [0, 0.05) is 0 Å². The van der Waals surface area contributed by atoms with E-state index < -0.39 is 0 Å². The van der Waals surface area contributed by atoms with Crippen molar-refractivity contribution in [2.24, 2.45) is 5.92 Å². The van der Waals surface area contributed by atoms with Gasteiger partial charge >= 0.3 is 0 Å². The van der Waals surface area contributed by atoms with Crippen LogP contribution in [0.25, 0.3) is 0 Å². The molecule has 0 amide bonds. The third-order valence-corrected chi connectivity index (χ3v) is 2.99. The first kappa shape index (κ1) is 9.20. The van der Waals surface area contributed by atoms with Gasteiger partial charge in [-0.25, -0.2) is 0 Å². The van der Waals surface area contributed by atoms with Crippen molar-refractivity contribution >= 4 is 6.29 Å². The van der Waals surface area contributed by atoms with Crippen LogP contribution in [0.3, 0.4) is 0 Å². The minimum absolute atomic E-state index is 0.412. The average molecular weight is 186 g/mol. The van der Waals surface area contributed by atoms with Gasteiger partial charge in [-0.15, -0.1) is 0 Å². The number of hydrogen-bond acceptors (Lipinski definition) is 1. The Kier molecular flexibility index (Phi) is 2.49. The number of carbonyl (C=O) groups excluding carboxylic acids is 1. The maximum Gasteiger partial charge on any atom is 0.145 e. The smallest absolute Gasteiger partial charge is 0.145 e. The summed E-state index contributed by atoms with van der Waals surface area (Å²) in [6, 6.07) is 8.45. The first-order valence-electron chi connectivity index (χ1n) is 5.03. The van der Waals surface area contributed by atoms with Crippen molar-refractivity contribution in [1.29, 1.82) is 0 Å². The molecule has 0 bridgehead atoms. The quantitative estimate of drug-likeness (QED) is 0.512. The number of carbonyl (C=O) groups is 1. The molecule has 1 aliphatic carbocycles. The van der Waals surface area contributed by atoms with Gasteiger partial charge in [-0.3, -0.25) is 4.79 Å². The van der Waals surface area contributed by atoms with Crippen LogP contribution in [0, 0.1) is 5.92 Å². The van der Waals surface area contributed by atoms with Crippen LogP contribution in [0.2, 0.25) is 0 Å². The maximum absolute atomic E-state index is 10.8. The highest BCUT2D eigenvalue weighted by atomic mass is 16.1. The highest BCUT2D eigenvalue weighted by Gasteiger charge is 2.23. The molecule has 0 radical (unpaired) electrons. The predicted molar refractivity (Wildman–Crippen MR) is 57.2 cm³/mol. The molecule has 14 heavy (non-hydrogen) atoms. The number of aldehydes is 1. The van der Waals surface area contributed by atoms with Gasteiger partial charge in [-0.05, 0) is 42.4 Å². The monoisotopic (exact) mass is 186 g/mol. The standard InChI is InChI=1S/C13H14O/c1-2-10(9-14)13-7-11-5-3-4-6-12(11)8-13/h2-6,9,13H,7-8H2,1H3. The zero-order chi connectivity index (χ0) is 9.97. The second-order valence-electron chi connectivity index (χ2n) is 3.78. The van der Waals surface area contributed by atoms with E-state index >= 15 is 0 Å². The van der Waals surface area contributed by atoms with Gasteiger partial charge in [0.1, 0.15) is 6.29 Å². The number of rotatable bonds is 2. The normalized spacial score (nSPS) is 16.8. The van der Waals surface area contributed by atoms with Crippen LogP contribution in [-0.2, 0) is 17.6 Å². The largest absolute Gasteiger partial charge is 0.298 e. The zero-order valence-corrected chi connectivity index (χ0v) is 8.36. The number of benzene rings is 1. The second-order valence-corrected chi connectivity index (χ2v) is 3.78. The summed E-state index contributed by atoms with van der Waals surface area (Å²) in [6.45, 7) is 1.94. The van der Waals surface area contributed by atoms with E-state index in [4.69, 9.17) is 0 Å². The van der Waals surface area contributed by atoms with Crippen LogP contribution in [0.15, 0.2) is 35.9 Å². The van der Waals surface area contributed by atoms with Gasteiger partial charge in [-0.1, -0.05) is 30.3 Å². The van der Waals surface area contributed by atoms with Gasteiger partial charge < -0.3 is 0 Å². The van der Waals surface area contributed by atoms with Gasteiger partial charge in [0.15, 0.2) is 0 Å². The molecule has 0 N–H and O–H groups in total. The molecule has 0 saturated carbocycles. The summed E-state index contributed by atoms with van der Waals surface area (Å²) in [6.07, 6.45) is 4.98. The molecule has 0 aromatic heterocycles. The Labute approximate surface area is 84.5 Å². The molecule has 1 heteroatoms. The molecule has 0 fully saturated rings. The number of fused-ring (bicyclic) bond motifs is 1. The van der Waals surface area contributed by atoms with Gasteiger partial charge in [0.05, 0.1) is 0 Å². The van der Waals surface area contributed by atoms with E-state index in [0.717, 1.165) is 24.7 Å². The molecule has 72 valence electrons. The van der Waals surface area contributed by atoms with Crippen LogP contribution >= 0.6 is 0 Å². The van der Waals surface area contributed by atoms with Crippen LogP contribution in [0.1, 0.15) is 18.1 Å². The van der Waals surface area contributed by atoms with Crippen LogP contribution in [0.5, 0.6) is 0 Å². The average Bonchev–Trinajstić information content (AvgIpc) is 2.63. The van der Waals surface area contributed by atoms with Crippen molar-refractivity contribution in [3.8, 4) is 0 Å². The molecule has 0 aliphatic heterocycles. The molecule has 1 aromatic carbocycles. The van der Waals surface area contributed by atoms with E-state index in [1.54, 1.807) is 0 Å². The van der Waals surface area contributed by atoms with Gasteiger partial charge in [0.2, 0.25) is 0 Å². The Bertz CT molecular complexity index is 352. The zero-order valence-electron chi connectivity index (χ0n) is 8.36. The Balaban J connectivity index is 2.23. The van der Waals surface area contributed by atoms with Crippen LogP contribution in [-0.4, -0.2) is 6.29 Å². The highest BCUT2D eigenvalue weighted by molar-refractivity contribution is 5.74. The summed E-state index contributed by atoms with van der Waals surface area (Å²) in [5.74, 6) is 0.412. The van der Waals surface area contributed by atoms with E-state index in [2.05, 4.69) is 24.3 Å². The van der Waals surface area contributed by atoms with Crippen molar-refractivity contribution < 1.29 is 4.79 Å². The van der Waals surface area contributed by atoms with Crippen LogP contribution in [0.4, 0.5) is 0 Å². The van der Waals surface area contributed by atoms with Crippen molar-refractivity contribution in [3.63, 3.8) is 0 Å². The maximum atomic E-state index is 10.8. The Hall–Kier alpha value is -1.37. The lowest BCUT2D eigenvalue weighted by Gasteiger charge is -2.06. The minimum atomic E-state index is 0.412. The predicted octanol–water partition coefficient (Wildman–Crippen LogP) is 2.55. The van der Waals surface area contributed by atoms with E-state index in [9.17, 15) is 4.79 Å². The lowest BCUT2D eigenvalue weighted by molar-refractivity contribution is -0.105. The van der Waals surface area contributed by atoms with E-state index in [1.807, 2.05) is 13.0 Å². The molecule has 0 unspecified atom stereocenters. The summed E-state index contributed by atoms with van der Waals surface area (Å²) < 4.78 is 0. The molecule has 0 saturated heterocycles. The van der Waals surface area contributed by atoms with Crippen molar-refractivity contribution in [1.82, 2.24) is 0 Å². The third kappa shape index (κ3) is 1.50. The third-order valence-electron chi connectivity index (χ3n) is 2.99. The topological polar surface area (TPSA) is 17.1 Å². The molecule has 0 heterocycles. The van der Waals surface area contributed by atoms with Crippen molar-refractivity contribution in [2.75, 3.05) is 0 Å². The summed E-state index contributed by atoms with van der Waals surface area (Å²) in [4.78, 5) is 10.8. The number of allylic oxidation sites excluding steroid dienone is 2. The fraction of sp³-hybridized carbons (Fsp3) is 0.308. The molecule has 0 atom stereocenters. The van der Waals surface area contributed by atoms with Crippen molar-refractivity contribution in [3.05, 3.63) is 47.0 Å². The summed E-state index contributed by atoms with van der Waals surface area (Å²) in [5, 5.41) is 0. The summed E-state index contributed by atoms with van der Waals surface area (Å²) in [7, 11) is 0. The SMILES string of the molecule is CC=C(C=O)C1Cc2ccccc2C1. The minimum Gasteiger partial charge on any atom is -0.298 e. The van der Waals surface area contributed by atoms with E-state index in [0.29, 0.717) is 5.92 Å². The first-order chi connectivity index (χ1) is 6.85. The Morgan fingerprint density at radius 1 is 1.29 bits per heavy atom. The Morgan fingerprint density at radius 3 is 2.29 bits per heavy atom. The van der Waals surface area contributed by atoms with Gasteiger partial charge in [-0.2, -0.15) is 0 Å². The summed E-state index contributed by atoms with van der Waals surface area (Å²) in [5.41, 5.74) is 3.75. The van der Waals surface area contributed by atoms with E-state index in [1.165, 1.54) is 11.1 Å². The van der Waals surface area contributed by atoms with E-state index in [-0.39, 0.29) is 0 Å². The number of hydrogen-bond donors (Lipinski definition) is 0. The Morgan fingerprint density at radius 2 is 1.86 bits per heavy atom. The molecule has 0 spiro atoms. The summed E-state index contributed by atoms with van der Waals surface area (Å²) >= 11 is 0. The first-order valence-corrected chi connectivity index (χ1v) is 5.03. The molecule has 1 aromatic rings. The molecular formula is C13H14O. The lowest BCUT2D eigenvalue weighted by atomic mass is 9.97. The van der Waals surface area contributed by atoms with Gasteiger partial charge in [0.25, 0.3) is 0 Å². The fourth-order valence-corrected chi connectivity index (χ4v) is 2.19. The van der Waals surface area contributed by atoms with Crippen molar-refractivity contribution in [2.45, 2.75) is 19.8 Å². The molecule has 1 aliphatic rings. The highest BCUT2D eigenvalue weighted by Crippen LogP contribution is 2.30. The van der Waals surface area contributed by atoms with Crippen LogP contribution < -0.4 is 0 Å².